The standard InChI is InChI=1S/C10H14N4O3S/c1-6(9(16)17)12-8(15)4-18-10-13-11-5-14(10)7-2-3-7/h5-7H,2-4H2,1H3,(H,12,15)(H,16,17)/t6-/m1/s1. The van der Waals surface area contributed by atoms with E-state index in [4.69, 9.17) is 5.11 Å². The summed E-state index contributed by atoms with van der Waals surface area (Å²) < 4.78 is 1.96. The monoisotopic (exact) mass is 270 g/mol. The Labute approximate surface area is 108 Å². The summed E-state index contributed by atoms with van der Waals surface area (Å²) >= 11 is 1.27. The quantitative estimate of drug-likeness (QED) is 0.721. The van der Waals surface area contributed by atoms with Gasteiger partial charge in [0.1, 0.15) is 12.4 Å². The van der Waals surface area contributed by atoms with Crippen molar-refractivity contribution >= 4 is 23.6 Å². The Kier molecular flexibility index (Phi) is 3.85. The Hall–Kier alpha value is -1.57. The molecule has 1 atom stereocenters. The number of amides is 1. The molecule has 0 radical (unpaired) electrons. The molecule has 1 heterocycles. The number of rotatable bonds is 6. The highest BCUT2D eigenvalue weighted by Crippen LogP contribution is 2.37. The van der Waals surface area contributed by atoms with Gasteiger partial charge in [0.05, 0.1) is 5.75 Å². The maximum atomic E-state index is 11.5. The third-order valence-corrected chi connectivity index (χ3v) is 3.52. The predicted octanol–water partition coefficient (Wildman–Crippen LogP) is 0.294. The van der Waals surface area contributed by atoms with Crippen molar-refractivity contribution in [1.82, 2.24) is 20.1 Å². The van der Waals surface area contributed by atoms with E-state index in [1.54, 1.807) is 6.33 Å². The van der Waals surface area contributed by atoms with Crippen LogP contribution in [0.15, 0.2) is 11.5 Å². The first-order valence-corrected chi connectivity index (χ1v) is 6.61. The van der Waals surface area contributed by atoms with Crippen molar-refractivity contribution in [3.05, 3.63) is 6.33 Å². The average Bonchev–Trinajstić information content (AvgIpc) is 3.05. The summed E-state index contributed by atoms with van der Waals surface area (Å²) in [6.07, 6.45) is 3.90. The summed E-state index contributed by atoms with van der Waals surface area (Å²) in [6.45, 7) is 1.43. The topological polar surface area (TPSA) is 97.1 Å². The summed E-state index contributed by atoms with van der Waals surface area (Å²) in [7, 11) is 0. The molecular weight excluding hydrogens is 256 g/mol. The molecule has 1 aromatic heterocycles. The number of carboxylic acids is 1. The van der Waals surface area contributed by atoms with E-state index in [1.165, 1.54) is 18.7 Å². The van der Waals surface area contributed by atoms with Crippen LogP contribution in [-0.2, 0) is 9.59 Å². The van der Waals surface area contributed by atoms with Gasteiger partial charge in [0.2, 0.25) is 5.91 Å². The second-order valence-corrected chi connectivity index (χ2v) is 5.11. The van der Waals surface area contributed by atoms with Gasteiger partial charge in [-0.25, -0.2) is 0 Å². The van der Waals surface area contributed by atoms with Gasteiger partial charge in [-0.2, -0.15) is 0 Å². The number of carbonyl (C=O) groups excluding carboxylic acids is 1. The van der Waals surface area contributed by atoms with Crippen molar-refractivity contribution in [2.45, 2.75) is 37.0 Å². The number of carbonyl (C=O) groups is 2. The van der Waals surface area contributed by atoms with Crippen molar-refractivity contribution in [2.75, 3.05) is 5.75 Å². The van der Waals surface area contributed by atoms with Crippen LogP contribution in [0.5, 0.6) is 0 Å². The fourth-order valence-electron chi connectivity index (χ4n) is 1.41. The molecule has 1 aliphatic carbocycles. The van der Waals surface area contributed by atoms with Crippen LogP contribution in [0.1, 0.15) is 25.8 Å². The average molecular weight is 270 g/mol. The third kappa shape index (κ3) is 3.22. The number of thioether (sulfide) groups is 1. The first-order valence-electron chi connectivity index (χ1n) is 5.62. The van der Waals surface area contributed by atoms with Crippen LogP contribution in [-0.4, -0.2) is 43.5 Å². The molecule has 18 heavy (non-hydrogen) atoms. The van der Waals surface area contributed by atoms with Gasteiger partial charge in [0, 0.05) is 6.04 Å². The number of aromatic nitrogens is 3. The first-order chi connectivity index (χ1) is 8.58. The van der Waals surface area contributed by atoms with Crippen LogP contribution in [0.4, 0.5) is 0 Å². The molecule has 0 bridgehead atoms. The first kappa shape index (κ1) is 12.9. The third-order valence-electron chi connectivity index (χ3n) is 2.56. The molecule has 8 heteroatoms. The van der Waals surface area contributed by atoms with E-state index in [0.717, 1.165) is 12.8 Å². The Morgan fingerprint density at radius 2 is 2.39 bits per heavy atom. The highest BCUT2D eigenvalue weighted by molar-refractivity contribution is 7.99. The van der Waals surface area contributed by atoms with Gasteiger partial charge in [0.25, 0.3) is 0 Å². The largest absolute Gasteiger partial charge is 0.480 e. The fraction of sp³-hybridized carbons (Fsp3) is 0.600. The Balaban J connectivity index is 1.82. The highest BCUT2D eigenvalue weighted by Gasteiger charge is 2.26. The smallest absolute Gasteiger partial charge is 0.325 e. The van der Waals surface area contributed by atoms with Gasteiger partial charge >= 0.3 is 5.97 Å². The Bertz CT molecular complexity index is 458. The molecule has 0 aromatic carbocycles. The molecule has 1 amide bonds. The highest BCUT2D eigenvalue weighted by atomic mass is 32.2. The van der Waals surface area contributed by atoms with Crippen LogP contribution in [0, 0.1) is 0 Å². The van der Waals surface area contributed by atoms with E-state index in [0.29, 0.717) is 11.2 Å². The minimum absolute atomic E-state index is 0.142. The maximum absolute atomic E-state index is 11.5. The molecule has 0 spiro atoms. The molecule has 0 aliphatic heterocycles. The van der Waals surface area contributed by atoms with Gasteiger partial charge in [-0.3, -0.25) is 9.59 Å². The Morgan fingerprint density at radius 1 is 1.67 bits per heavy atom. The number of nitrogens with zero attached hydrogens (tertiary/aromatic N) is 3. The lowest BCUT2D eigenvalue weighted by molar-refractivity contribution is -0.140. The van der Waals surface area contributed by atoms with Gasteiger partial charge in [-0.05, 0) is 19.8 Å². The molecule has 1 fully saturated rings. The molecule has 1 aliphatic rings. The normalized spacial score (nSPS) is 16.3. The number of hydrogen-bond donors (Lipinski definition) is 2. The van der Waals surface area contributed by atoms with Crippen molar-refractivity contribution < 1.29 is 14.7 Å². The maximum Gasteiger partial charge on any atom is 0.325 e. The van der Waals surface area contributed by atoms with E-state index in [1.807, 2.05) is 4.57 Å². The van der Waals surface area contributed by atoms with Crippen molar-refractivity contribution in [3.63, 3.8) is 0 Å². The van der Waals surface area contributed by atoms with E-state index >= 15 is 0 Å². The van der Waals surface area contributed by atoms with E-state index in [-0.39, 0.29) is 11.7 Å². The van der Waals surface area contributed by atoms with Crippen LogP contribution in [0.25, 0.3) is 0 Å². The Morgan fingerprint density at radius 3 is 3.00 bits per heavy atom. The molecule has 2 N–H and O–H groups in total. The van der Waals surface area contributed by atoms with Crippen LogP contribution < -0.4 is 5.32 Å². The molecular formula is C10H14N4O3S. The second-order valence-electron chi connectivity index (χ2n) is 4.17. The summed E-state index contributed by atoms with van der Waals surface area (Å²) in [5, 5.41) is 19.5. The summed E-state index contributed by atoms with van der Waals surface area (Å²) in [5.41, 5.74) is 0. The summed E-state index contributed by atoms with van der Waals surface area (Å²) in [4.78, 5) is 22.1. The SMILES string of the molecule is C[C@@H](NC(=O)CSc1nncn1C1CC1)C(=O)O. The van der Waals surface area contributed by atoms with Gasteiger partial charge < -0.3 is 15.0 Å². The van der Waals surface area contributed by atoms with Gasteiger partial charge in [-0.15, -0.1) is 10.2 Å². The van der Waals surface area contributed by atoms with Crippen molar-refractivity contribution in [1.29, 1.82) is 0 Å². The molecule has 0 unspecified atom stereocenters. The van der Waals surface area contributed by atoms with Gasteiger partial charge in [0.15, 0.2) is 5.16 Å². The minimum atomic E-state index is -1.05. The number of aliphatic carboxylic acids is 1. The molecule has 98 valence electrons. The molecule has 1 saturated carbocycles. The number of nitrogens with one attached hydrogen (secondary N) is 1. The van der Waals surface area contributed by atoms with Crippen LogP contribution >= 0.6 is 11.8 Å². The van der Waals surface area contributed by atoms with E-state index in [2.05, 4.69) is 15.5 Å². The lowest BCUT2D eigenvalue weighted by atomic mass is 10.3. The lowest BCUT2D eigenvalue weighted by Gasteiger charge is -2.08. The number of carboxylic acid groups (broad SMARTS) is 1. The van der Waals surface area contributed by atoms with Gasteiger partial charge in [-0.1, -0.05) is 11.8 Å². The predicted molar refractivity (Wildman–Crippen MR) is 64.3 cm³/mol. The van der Waals surface area contributed by atoms with Crippen LogP contribution in [0.3, 0.4) is 0 Å². The molecule has 2 rings (SSSR count). The zero-order chi connectivity index (χ0) is 13.1. The fourth-order valence-corrected chi connectivity index (χ4v) is 2.21. The molecule has 7 nitrogen and oxygen atoms in total. The van der Waals surface area contributed by atoms with Crippen molar-refractivity contribution in [2.24, 2.45) is 0 Å². The molecule has 0 saturated heterocycles. The zero-order valence-electron chi connectivity index (χ0n) is 9.87. The molecule has 1 aromatic rings. The minimum Gasteiger partial charge on any atom is -0.480 e. The zero-order valence-corrected chi connectivity index (χ0v) is 10.7. The van der Waals surface area contributed by atoms with Crippen LogP contribution in [0.2, 0.25) is 0 Å². The van der Waals surface area contributed by atoms with Crippen molar-refractivity contribution in [3.8, 4) is 0 Å². The second kappa shape index (κ2) is 5.38. The number of hydrogen-bond acceptors (Lipinski definition) is 5. The summed E-state index contributed by atoms with van der Waals surface area (Å²) in [5.74, 6) is -1.22. The summed E-state index contributed by atoms with van der Waals surface area (Å²) in [6, 6.07) is -0.414. The van der Waals surface area contributed by atoms with E-state index < -0.39 is 12.0 Å². The van der Waals surface area contributed by atoms with E-state index in [9.17, 15) is 9.59 Å². The lowest BCUT2D eigenvalue weighted by Crippen LogP contribution is -2.39.